The fourth-order valence-electron chi connectivity index (χ4n) is 3.06. The summed E-state index contributed by atoms with van der Waals surface area (Å²) in [5.41, 5.74) is 1.25. The van der Waals surface area contributed by atoms with Gasteiger partial charge in [-0.05, 0) is 62.5 Å². The van der Waals surface area contributed by atoms with Crippen molar-refractivity contribution in [2.45, 2.75) is 19.9 Å². The average Bonchev–Trinajstić information content (AvgIpc) is 2.82. The molecule has 0 spiro atoms. The summed E-state index contributed by atoms with van der Waals surface area (Å²) in [6, 6.07) is 23.2. The molecule has 0 aromatic heterocycles. The Labute approximate surface area is 204 Å². The summed E-state index contributed by atoms with van der Waals surface area (Å²) in [5, 5.41) is 8.49. The molecule has 176 valence electrons. The number of carbonyl (C=O) groups excluding carboxylic acids is 2. The van der Waals surface area contributed by atoms with Crippen LogP contribution in [0.2, 0.25) is 0 Å². The van der Waals surface area contributed by atoms with E-state index in [1.54, 1.807) is 48.5 Å². The fourth-order valence-corrected chi connectivity index (χ4v) is 3.26. The van der Waals surface area contributed by atoms with Crippen molar-refractivity contribution in [1.82, 2.24) is 10.6 Å². The lowest BCUT2D eigenvalue weighted by Gasteiger charge is -2.15. The van der Waals surface area contributed by atoms with E-state index >= 15 is 0 Å². The number of nitrogens with one attached hydrogen (secondary N) is 3. The second kappa shape index (κ2) is 12.4. The van der Waals surface area contributed by atoms with Crippen LogP contribution in [0.5, 0.6) is 11.5 Å². The van der Waals surface area contributed by atoms with Crippen molar-refractivity contribution >= 4 is 34.8 Å². The number of ether oxygens (including phenoxy) is 2. The number of carbonyl (C=O) groups is 2. The van der Waals surface area contributed by atoms with E-state index in [0.717, 1.165) is 5.75 Å². The summed E-state index contributed by atoms with van der Waals surface area (Å²) < 4.78 is 11.4. The highest BCUT2D eigenvalue weighted by Crippen LogP contribution is 2.19. The molecule has 8 heteroatoms. The molecule has 0 bridgehead atoms. The molecule has 0 aliphatic carbocycles. The molecule has 0 unspecified atom stereocenters. The summed E-state index contributed by atoms with van der Waals surface area (Å²) in [5.74, 6) is 0.497. The normalized spacial score (nSPS) is 10.3. The van der Waals surface area contributed by atoms with E-state index in [1.165, 1.54) is 0 Å². The maximum atomic E-state index is 12.9. The molecule has 0 saturated carbocycles. The first-order chi connectivity index (χ1) is 16.4. The number of para-hydroxylation sites is 3. The van der Waals surface area contributed by atoms with Crippen LogP contribution in [0.25, 0.3) is 0 Å². The third kappa shape index (κ3) is 7.31. The van der Waals surface area contributed by atoms with E-state index in [2.05, 4.69) is 16.0 Å². The summed E-state index contributed by atoms with van der Waals surface area (Å²) >= 11 is 5.31. The van der Waals surface area contributed by atoms with Gasteiger partial charge in [-0.15, -0.1) is 0 Å². The Hall–Kier alpha value is -3.91. The zero-order valence-electron chi connectivity index (χ0n) is 19.0. The molecule has 0 aliphatic heterocycles. The van der Waals surface area contributed by atoms with Gasteiger partial charge in [-0.1, -0.05) is 42.5 Å². The van der Waals surface area contributed by atoms with Crippen LogP contribution < -0.4 is 25.4 Å². The average molecular weight is 478 g/mol. The molecule has 3 aromatic carbocycles. The van der Waals surface area contributed by atoms with Crippen LogP contribution in [0.3, 0.4) is 0 Å². The smallest absolute Gasteiger partial charge is 0.261 e. The molecule has 0 saturated heterocycles. The predicted octanol–water partition coefficient (Wildman–Crippen LogP) is 4.41. The van der Waals surface area contributed by atoms with Crippen LogP contribution in [0.4, 0.5) is 5.69 Å². The van der Waals surface area contributed by atoms with Crippen LogP contribution in [0.15, 0.2) is 78.9 Å². The molecule has 0 radical (unpaired) electrons. The van der Waals surface area contributed by atoms with E-state index < -0.39 is 5.91 Å². The van der Waals surface area contributed by atoms with Crippen LogP contribution in [0, 0.1) is 0 Å². The van der Waals surface area contributed by atoms with Gasteiger partial charge >= 0.3 is 0 Å². The van der Waals surface area contributed by atoms with Crippen LogP contribution in [0.1, 0.15) is 34.6 Å². The number of hydrogen-bond acceptors (Lipinski definition) is 5. The number of benzene rings is 3. The van der Waals surface area contributed by atoms with Gasteiger partial charge in [0.1, 0.15) is 24.7 Å². The Balaban J connectivity index is 1.59. The summed E-state index contributed by atoms with van der Waals surface area (Å²) in [4.78, 5) is 25.3. The SMILES string of the molecule is CC(C)NC(=O)c1ccccc1NC(=S)NC(=O)c1ccccc1OCCOc1ccccc1. The van der Waals surface area contributed by atoms with E-state index in [0.29, 0.717) is 29.2 Å². The van der Waals surface area contributed by atoms with Crippen LogP contribution in [-0.4, -0.2) is 36.2 Å². The zero-order valence-corrected chi connectivity index (χ0v) is 19.9. The highest BCUT2D eigenvalue weighted by atomic mass is 32.1. The van der Waals surface area contributed by atoms with Crippen molar-refractivity contribution in [2.75, 3.05) is 18.5 Å². The van der Waals surface area contributed by atoms with Gasteiger partial charge in [-0.2, -0.15) is 0 Å². The fraction of sp³-hybridized carbons (Fsp3) is 0.192. The van der Waals surface area contributed by atoms with Crippen molar-refractivity contribution in [2.24, 2.45) is 0 Å². The molecule has 0 fully saturated rings. The molecule has 0 aliphatic rings. The Morgan fingerprint density at radius 1 is 0.794 bits per heavy atom. The lowest BCUT2D eigenvalue weighted by Crippen LogP contribution is -2.36. The van der Waals surface area contributed by atoms with Crippen LogP contribution >= 0.6 is 12.2 Å². The van der Waals surface area contributed by atoms with Crippen molar-refractivity contribution < 1.29 is 19.1 Å². The van der Waals surface area contributed by atoms with E-state index in [1.807, 2.05) is 44.2 Å². The van der Waals surface area contributed by atoms with Gasteiger partial charge < -0.3 is 20.1 Å². The molecule has 3 aromatic rings. The minimum absolute atomic E-state index is 0.0122. The second-order valence-electron chi connectivity index (χ2n) is 7.59. The largest absolute Gasteiger partial charge is 0.490 e. The van der Waals surface area contributed by atoms with Gasteiger partial charge in [0.25, 0.3) is 11.8 Å². The topological polar surface area (TPSA) is 88.7 Å². The summed E-state index contributed by atoms with van der Waals surface area (Å²) in [6.07, 6.45) is 0. The lowest BCUT2D eigenvalue weighted by molar-refractivity contribution is 0.0942. The van der Waals surface area contributed by atoms with Crippen molar-refractivity contribution in [1.29, 1.82) is 0 Å². The molecule has 2 amide bonds. The molecule has 7 nitrogen and oxygen atoms in total. The molecule has 0 atom stereocenters. The Kier molecular flexibility index (Phi) is 8.99. The third-order valence-corrected chi connectivity index (χ3v) is 4.76. The van der Waals surface area contributed by atoms with Crippen molar-refractivity contribution in [3.8, 4) is 11.5 Å². The van der Waals surface area contributed by atoms with Crippen LogP contribution in [-0.2, 0) is 0 Å². The Morgan fingerprint density at radius 3 is 2.15 bits per heavy atom. The molecular weight excluding hydrogens is 450 g/mol. The maximum Gasteiger partial charge on any atom is 0.261 e. The van der Waals surface area contributed by atoms with Gasteiger partial charge in [0.05, 0.1) is 16.8 Å². The lowest BCUT2D eigenvalue weighted by atomic mass is 10.1. The van der Waals surface area contributed by atoms with Gasteiger partial charge in [-0.3, -0.25) is 14.9 Å². The summed E-state index contributed by atoms with van der Waals surface area (Å²) in [6.45, 7) is 4.35. The quantitative estimate of drug-likeness (QED) is 0.313. The second-order valence-corrected chi connectivity index (χ2v) is 8.00. The predicted molar refractivity (Wildman–Crippen MR) is 137 cm³/mol. The monoisotopic (exact) mass is 477 g/mol. The highest BCUT2D eigenvalue weighted by Gasteiger charge is 2.16. The molecular formula is C26H27N3O4S. The van der Waals surface area contributed by atoms with Gasteiger partial charge in [0, 0.05) is 6.04 Å². The molecule has 3 N–H and O–H groups in total. The third-order valence-electron chi connectivity index (χ3n) is 4.55. The first kappa shape index (κ1) is 24.7. The molecule has 0 heterocycles. The zero-order chi connectivity index (χ0) is 24.3. The highest BCUT2D eigenvalue weighted by molar-refractivity contribution is 7.80. The van der Waals surface area contributed by atoms with E-state index in [-0.39, 0.29) is 23.7 Å². The van der Waals surface area contributed by atoms with Gasteiger partial charge in [0.15, 0.2) is 5.11 Å². The van der Waals surface area contributed by atoms with Gasteiger partial charge in [-0.25, -0.2) is 0 Å². The van der Waals surface area contributed by atoms with E-state index in [4.69, 9.17) is 21.7 Å². The number of amides is 2. The molecule has 34 heavy (non-hydrogen) atoms. The molecule has 3 rings (SSSR count). The minimum Gasteiger partial charge on any atom is -0.490 e. The minimum atomic E-state index is -0.429. The standard InChI is InChI=1S/C26H27N3O4S/c1-18(2)27-24(30)20-12-6-8-14-22(20)28-26(34)29-25(31)21-13-7-9-15-23(21)33-17-16-32-19-10-4-3-5-11-19/h3-15,18H,16-17H2,1-2H3,(H,27,30)(H2,28,29,31,34). The first-order valence-electron chi connectivity index (χ1n) is 10.9. The summed E-state index contributed by atoms with van der Waals surface area (Å²) in [7, 11) is 0. The Morgan fingerprint density at radius 2 is 1.41 bits per heavy atom. The van der Waals surface area contributed by atoms with E-state index in [9.17, 15) is 9.59 Å². The number of anilines is 1. The van der Waals surface area contributed by atoms with Crippen molar-refractivity contribution in [3.63, 3.8) is 0 Å². The Bertz CT molecular complexity index is 1140. The first-order valence-corrected chi connectivity index (χ1v) is 11.3. The number of rotatable bonds is 9. The number of thiocarbonyl (C=S) groups is 1. The maximum absolute atomic E-state index is 12.9. The van der Waals surface area contributed by atoms with Gasteiger partial charge in [0.2, 0.25) is 0 Å². The van der Waals surface area contributed by atoms with Crippen molar-refractivity contribution in [3.05, 3.63) is 90.0 Å². The number of hydrogen-bond donors (Lipinski definition) is 3.